The van der Waals surface area contributed by atoms with Crippen LogP contribution in [0.2, 0.25) is 0 Å². The number of benzene rings is 2. The molecule has 1 fully saturated rings. The van der Waals surface area contributed by atoms with E-state index in [4.69, 9.17) is 4.74 Å². The minimum Gasteiger partial charge on any atom is -0.379 e. The summed E-state index contributed by atoms with van der Waals surface area (Å²) < 4.78 is 7.22. The van der Waals surface area contributed by atoms with Crippen molar-refractivity contribution in [3.63, 3.8) is 0 Å². The van der Waals surface area contributed by atoms with E-state index in [0.717, 1.165) is 49.7 Å². The van der Waals surface area contributed by atoms with Crippen molar-refractivity contribution in [2.24, 2.45) is 0 Å². The number of hydrogen-bond donors (Lipinski definition) is 1. The minimum absolute atomic E-state index is 0.00112. The summed E-state index contributed by atoms with van der Waals surface area (Å²) in [6.07, 6.45) is 3.97. The highest BCUT2D eigenvalue weighted by Gasteiger charge is 2.13. The van der Waals surface area contributed by atoms with Crippen LogP contribution in [0.3, 0.4) is 0 Å². The van der Waals surface area contributed by atoms with E-state index in [0.29, 0.717) is 13.0 Å². The van der Waals surface area contributed by atoms with Gasteiger partial charge in [0.05, 0.1) is 31.5 Å². The van der Waals surface area contributed by atoms with E-state index in [9.17, 15) is 4.79 Å². The molecule has 1 saturated heterocycles. The molecule has 29 heavy (non-hydrogen) atoms. The summed E-state index contributed by atoms with van der Waals surface area (Å²) in [4.78, 5) is 14.8. The van der Waals surface area contributed by atoms with Gasteiger partial charge in [-0.1, -0.05) is 42.5 Å². The fourth-order valence-electron chi connectivity index (χ4n) is 3.50. The average molecular weight is 390 g/mol. The number of morpholine rings is 1. The SMILES string of the molecule is O=C(Cc1cnn(-c2ccccc2)c1)NCc1ccccc1CN1CCOCC1. The van der Waals surface area contributed by atoms with Crippen LogP contribution in [-0.4, -0.2) is 46.9 Å². The molecule has 3 aromatic rings. The van der Waals surface area contributed by atoms with E-state index in [1.807, 2.05) is 42.6 Å². The molecule has 2 heterocycles. The van der Waals surface area contributed by atoms with Crippen molar-refractivity contribution in [3.05, 3.63) is 83.7 Å². The first-order chi connectivity index (χ1) is 14.3. The zero-order valence-electron chi connectivity index (χ0n) is 16.5. The molecule has 4 rings (SSSR count). The Morgan fingerprint density at radius 2 is 1.72 bits per heavy atom. The van der Waals surface area contributed by atoms with Crippen LogP contribution in [0.4, 0.5) is 0 Å². The molecule has 150 valence electrons. The maximum Gasteiger partial charge on any atom is 0.224 e. The van der Waals surface area contributed by atoms with Crippen molar-refractivity contribution in [1.29, 1.82) is 0 Å². The van der Waals surface area contributed by atoms with E-state index >= 15 is 0 Å². The molecule has 6 nitrogen and oxygen atoms in total. The van der Waals surface area contributed by atoms with Crippen LogP contribution in [0, 0.1) is 0 Å². The molecule has 0 radical (unpaired) electrons. The molecule has 6 heteroatoms. The number of hydrogen-bond acceptors (Lipinski definition) is 4. The molecule has 0 aliphatic carbocycles. The van der Waals surface area contributed by atoms with E-state index < -0.39 is 0 Å². The average Bonchev–Trinajstić information content (AvgIpc) is 3.23. The molecule has 2 aromatic carbocycles. The van der Waals surface area contributed by atoms with Crippen molar-refractivity contribution in [2.75, 3.05) is 26.3 Å². The number of amides is 1. The summed E-state index contributed by atoms with van der Waals surface area (Å²) in [5.74, 6) is -0.00112. The Bertz CT molecular complexity index is 933. The molecule has 1 aliphatic rings. The number of nitrogens with zero attached hydrogens (tertiary/aromatic N) is 3. The van der Waals surface area contributed by atoms with Crippen LogP contribution >= 0.6 is 0 Å². The summed E-state index contributed by atoms with van der Waals surface area (Å²) >= 11 is 0. The van der Waals surface area contributed by atoms with Gasteiger partial charge in [0.1, 0.15) is 0 Å². The highest BCUT2D eigenvalue weighted by Crippen LogP contribution is 2.13. The molecule has 0 saturated carbocycles. The van der Waals surface area contributed by atoms with Gasteiger partial charge in [0.2, 0.25) is 5.91 Å². The van der Waals surface area contributed by atoms with Crippen LogP contribution < -0.4 is 5.32 Å². The van der Waals surface area contributed by atoms with Gasteiger partial charge in [0.15, 0.2) is 0 Å². The third-order valence-electron chi connectivity index (χ3n) is 5.11. The monoisotopic (exact) mass is 390 g/mol. The molecule has 1 aromatic heterocycles. The van der Waals surface area contributed by atoms with Gasteiger partial charge in [0.25, 0.3) is 0 Å². The fraction of sp³-hybridized carbons (Fsp3) is 0.304. The number of para-hydroxylation sites is 1. The number of carbonyl (C=O) groups is 1. The Morgan fingerprint density at radius 3 is 2.52 bits per heavy atom. The Morgan fingerprint density at radius 1 is 1.00 bits per heavy atom. The lowest BCUT2D eigenvalue weighted by Gasteiger charge is -2.27. The maximum absolute atomic E-state index is 12.5. The van der Waals surface area contributed by atoms with Crippen LogP contribution in [0.15, 0.2) is 67.0 Å². The second-order valence-corrected chi connectivity index (χ2v) is 7.24. The zero-order valence-corrected chi connectivity index (χ0v) is 16.5. The van der Waals surface area contributed by atoms with E-state index in [1.165, 1.54) is 5.56 Å². The number of ether oxygens (including phenoxy) is 1. The van der Waals surface area contributed by atoms with Crippen molar-refractivity contribution in [1.82, 2.24) is 20.0 Å². The van der Waals surface area contributed by atoms with Gasteiger partial charge in [-0.15, -0.1) is 0 Å². The maximum atomic E-state index is 12.5. The molecule has 1 amide bonds. The van der Waals surface area contributed by atoms with Crippen LogP contribution in [0.25, 0.3) is 5.69 Å². The van der Waals surface area contributed by atoms with E-state index in [-0.39, 0.29) is 5.91 Å². The first kappa shape index (κ1) is 19.4. The Labute approximate surface area is 171 Å². The fourth-order valence-corrected chi connectivity index (χ4v) is 3.50. The molecule has 1 aliphatic heterocycles. The number of nitrogens with one attached hydrogen (secondary N) is 1. The predicted molar refractivity (Wildman–Crippen MR) is 112 cm³/mol. The van der Waals surface area contributed by atoms with Crippen molar-refractivity contribution in [3.8, 4) is 5.69 Å². The summed E-state index contributed by atoms with van der Waals surface area (Å²) in [6.45, 7) is 4.90. The Balaban J connectivity index is 1.32. The van der Waals surface area contributed by atoms with Gasteiger partial charge in [-0.05, 0) is 28.8 Å². The smallest absolute Gasteiger partial charge is 0.224 e. The van der Waals surface area contributed by atoms with Crippen molar-refractivity contribution < 1.29 is 9.53 Å². The molecule has 0 spiro atoms. The molecular weight excluding hydrogens is 364 g/mol. The first-order valence-corrected chi connectivity index (χ1v) is 10.0. The summed E-state index contributed by atoms with van der Waals surface area (Å²) in [5.41, 5.74) is 4.29. The van der Waals surface area contributed by atoms with Crippen LogP contribution in [-0.2, 0) is 29.0 Å². The molecule has 1 N–H and O–H groups in total. The lowest BCUT2D eigenvalue weighted by molar-refractivity contribution is -0.120. The summed E-state index contributed by atoms with van der Waals surface area (Å²) in [5, 5.41) is 7.41. The Kier molecular flexibility index (Phi) is 6.34. The third-order valence-corrected chi connectivity index (χ3v) is 5.11. The highest BCUT2D eigenvalue weighted by molar-refractivity contribution is 5.78. The van der Waals surface area contributed by atoms with Crippen LogP contribution in [0.1, 0.15) is 16.7 Å². The lowest BCUT2D eigenvalue weighted by atomic mass is 10.1. The first-order valence-electron chi connectivity index (χ1n) is 10.0. The van der Waals surface area contributed by atoms with E-state index in [2.05, 4.69) is 33.5 Å². The molecule has 0 atom stereocenters. The number of rotatable bonds is 7. The second-order valence-electron chi connectivity index (χ2n) is 7.24. The van der Waals surface area contributed by atoms with Crippen molar-refractivity contribution in [2.45, 2.75) is 19.5 Å². The molecule has 0 unspecified atom stereocenters. The molecular formula is C23H26N4O2. The Hall–Kier alpha value is -2.96. The predicted octanol–water partition coefficient (Wildman–Crippen LogP) is 2.56. The number of carbonyl (C=O) groups excluding carboxylic acids is 1. The largest absolute Gasteiger partial charge is 0.379 e. The minimum atomic E-state index is -0.00112. The summed E-state index contributed by atoms with van der Waals surface area (Å²) in [7, 11) is 0. The quantitative estimate of drug-likeness (QED) is 0.674. The molecule has 0 bridgehead atoms. The van der Waals surface area contributed by atoms with Gasteiger partial charge in [-0.2, -0.15) is 5.10 Å². The standard InChI is InChI=1S/C23H26N4O2/c28-23(14-19-15-25-27(17-19)22-8-2-1-3-9-22)24-16-20-6-4-5-7-21(20)18-26-10-12-29-13-11-26/h1-9,15,17H,10-14,16,18H2,(H,24,28). The topological polar surface area (TPSA) is 59.4 Å². The second kappa shape index (κ2) is 9.49. The van der Waals surface area contributed by atoms with Gasteiger partial charge in [-0.3, -0.25) is 9.69 Å². The van der Waals surface area contributed by atoms with Gasteiger partial charge >= 0.3 is 0 Å². The summed E-state index contributed by atoms with van der Waals surface area (Å²) in [6, 6.07) is 18.2. The van der Waals surface area contributed by atoms with Crippen molar-refractivity contribution >= 4 is 5.91 Å². The lowest BCUT2D eigenvalue weighted by Crippen LogP contribution is -2.36. The zero-order chi connectivity index (χ0) is 19.9. The van der Waals surface area contributed by atoms with Crippen LogP contribution in [0.5, 0.6) is 0 Å². The number of aromatic nitrogens is 2. The van der Waals surface area contributed by atoms with Gasteiger partial charge < -0.3 is 10.1 Å². The van der Waals surface area contributed by atoms with Gasteiger partial charge in [0, 0.05) is 32.4 Å². The van der Waals surface area contributed by atoms with Gasteiger partial charge in [-0.25, -0.2) is 4.68 Å². The third kappa shape index (κ3) is 5.31. The highest BCUT2D eigenvalue weighted by atomic mass is 16.5. The normalized spacial score (nSPS) is 14.6. The van der Waals surface area contributed by atoms with E-state index in [1.54, 1.807) is 10.9 Å².